The van der Waals surface area contributed by atoms with E-state index in [1.807, 2.05) is 18.2 Å². The van der Waals surface area contributed by atoms with Gasteiger partial charge in [-0.05, 0) is 43.5 Å². The molecule has 1 saturated heterocycles. The summed E-state index contributed by atoms with van der Waals surface area (Å²) in [5.41, 5.74) is 1.91. The minimum absolute atomic E-state index is 0.111. The lowest BCUT2D eigenvalue weighted by Gasteiger charge is -2.30. The largest absolute Gasteiger partial charge is 0.371 e. The van der Waals surface area contributed by atoms with Gasteiger partial charge in [0.05, 0.1) is 10.6 Å². The van der Waals surface area contributed by atoms with E-state index in [0.29, 0.717) is 5.69 Å². The smallest absolute Gasteiger partial charge is 0.270 e. The second-order valence-electron chi connectivity index (χ2n) is 6.86. The molecule has 0 unspecified atom stereocenters. The average Bonchev–Trinajstić information content (AvgIpc) is 2.74. The molecule has 1 amide bonds. The van der Waals surface area contributed by atoms with Gasteiger partial charge in [0.15, 0.2) is 0 Å². The molecule has 2 aromatic carbocycles. The van der Waals surface area contributed by atoms with Crippen molar-refractivity contribution in [1.82, 2.24) is 4.98 Å². The van der Waals surface area contributed by atoms with Crippen LogP contribution in [0, 0.1) is 10.1 Å². The Labute approximate surface area is 162 Å². The third-order valence-corrected chi connectivity index (χ3v) is 5.06. The lowest BCUT2D eigenvalue weighted by Crippen LogP contribution is -2.29. The van der Waals surface area contributed by atoms with E-state index in [4.69, 9.17) is 0 Å². The molecule has 2 heterocycles. The molecular weight excluding hydrogens is 356 g/mol. The van der Waals surface area contributed by atoms with Crippen molar-refractivity contribution in [2.24, 2.45) is 0 Å². The van der Waals surface area contributed by atoms with Gasteiger partial charge in [-0.2, -0.15) is 0 Å². The highest BCUT2D eigenvalue weighted by atomic mass is 16.6. The first-order valence-corrected chi connectivity index (χ1v) is 9.31. The van der Waals surface area contributed by atoms with Crippen LogP contribution >= 0.6 is 0 Å². The Morgan fingerprint density at radius 2 is 1.89 bits per heavy atom. The number of hydrogen-bond donors (Lipinski definition) is 1. The fraction of sp³-hybridized carbons (Fsp3) is 0.238. The molecule has 0 saturated carbocycles. The highest BCUT2D eigenvalue weighted by Crippen LogP contribution is 2.33. The van der Waals surface area contributed by atoms with Crippen molar-refractivity contribution < 1.29 is 9.72 Å². The summed E-state index contributed by atoms with van der Waals surface area (Å²) in [7, 11) is 0. The summed E-state index contributed by atoms with van der Waals surface area (Å²) in [6, 6.07) is 11.6. The Balaban J connectivity index is 1.67. The molecular formula is C21H20N4O3. The second-order valence-corrected chi connectivity index (χ2v) is 6.86. The summed E-state index contributed by atoms with van der Waals surface area (Å²) >= 11 is 0. The van der Waals surface area contributed by atoms with Crippen LogP contribution in [0.15, 0.2) is 54.9 Å². The van der Waals surface area contributed by atoms with E-state index in [-0.39, 0.29) is 17.2 Å². The van der Waals surface area contributed by atoms with E-state index in [1.165, 1.54) is 37.5 Å². The number of nitrogens with one attached hydrogen (secondary N) is 1. The number of fused-ring (bicyclic) bond motifs is 1. The number of pyridine rings is 1. The van der Waals surface area contributed by atoms with Crippen LogP contribution in [0.1, 0.15) is 29.6 Å². The number of amides is 1. The number of hydrogen-bond acceptors (Lipinski definition) is 5. The molecule has 1 fully saturated rings. The fourth-order valence-electron chi connectivity index (χ4n) is 3.65. The Hall–Kier alpha value is -3.48. The quantitative estimate of drug-likeness (QED) is 0.539. The minimum Gasteiger partial charge on any atom is -0.371 e. The zero-order valence-electron chi connectivity index (χ0n) is 15.3. The van der Waals surface area contributed by atoms with Gasteiger partial charge in [-0.1, -0.05) is 6.07 Å². The van der Waals surface area contributed by atoms with E-state index >= 15 is 0 Å². The lowest BCUT2D eigenvalue weighted by atomic mass is 10.0. The number of nitro groups is 1. The number of benzene rings is 2. The van der Waals surface area contributed by atoms with Crippen molar-refractivity contribution in [3.05, 3.63) is 70.5 Å². The zero-order chi connectivity index (χ0) is 19.5. The van der Waals surface area contributed by atoms with Crippen molar-refractivity contribution in [2.45, 2.75) is 19.3 Å². The Bertz CT molecular complexity index is 1040. The van der Waals surface area contributed by atoms with Gasteiger partial charge in [-0.3, -0.25) is 19.9 Å². The van der Waals surface area contributed by atoms with E-state index < -0.39 is 4.92 Å². The normalized spacial score (nSPS) is 14.1. The van der Waals surface area contributed by atoms with Gasteiger partial charge < -0.3 is 10.2 Å². The molecule has 0 radical (unpaired) electrons. The van der Waals surface area contributed by atoms with E-state index in [9.17, 15) is 14.9 Å². The Morgan fingerprint density at radius 3 is 2.68 bits per heavy atom. The highest BCUT2D eigenvalue weighted by molar-refractivity contribution is 6.11. The minimum atomic E-state index is -0.510. The number of nitro benzene ring substituents is 1. The fourth-order valence-corrected chi connectivity index (χ4v) is 3.65. The third kappa shape index (κ3) is 3.51. The monoisotopic (exact) mass is 376 g/mol. The number of rotatable bonds is 4. The average molecular weight is 376 g/mol. The number of anilines is 2. The molecule has 7 nitrogen and oxygen atoms in total. The highest BCUT2D eigenvalue weighted by Gasteiger charge is 2.17. The summed E-state index contributed by atoms with van der Waals surface area (Å²) in [6.45, 7) is 2.05. The van der Waals surface area contributed by atoms with Crippen LogP contribution in [0.4, 0.5) is 17.1 Å². The number of aromatic nitrogens is 1. The molecule has 0 spiro atoms. The molecule has 4 rings (SSSR count). The molecule has 1 aliphatic rings. The summed E-state index contributed by atoms with van der Waals surface area (Å²) < 4.78 is 0. The van der Waals surface area contributed by atoms with Gasteiger partial charge in [0.1, 0.15) is 0 Å². The predicted molar refractivity (Wildman–Crippen MR) is 109 cm³/mol. The maximum atomic E-state index is 12.7. The number of carbonyl (C=O) groups excluding carboxylic acids is 1. The summed E-state index contributed by atoms with van der Waals surface area (Å²) in [5, 5.41) is 15.7. The van der Waals surface area contributed by atoms with Crippen molar-refractivity contribution in [3.8, 4) is 0 Å². The number of nitrogens with zero attached hydrogens (tertiary/aromatic N) is 3. The van der Waals surface area contributed by atoms with Crippen LogP contribution in [-0.4, -0.2) is 28.9 Å². The van der Waals surface area contributed by atoms with Gasteiger partial charge in [0.25, 0.3) is 11.6 Å². The third-order valence-electron chi connectivity index (χ3n) is 5.06. The maximum absolute atomic E-state index is 12.7. The van der Waals surface area contributed by atoms with Crippen molar-refractivity contribution in [1.29, 1.82) is 0 Å². The topological polar surface area (TPSA) is 88.4 Å². The Kier molecular flexibility index (Phi) is 4.89. The van der Waals surface area contributed by atoms with E-state index in [0.717, 1.165) is 29.5 Å². The molecule has 1 aromatic heterocycles. The van der Waals surface area contributed by atoms with E-state index in [2.05, 4.69) is 15.2 Å². The van der Waals surface area contributed by atoms with Gasteiger partial charge in [-0.15, -0.1) is 0 Å². The molecule has 7 heteroatoms. The summed E-state index contributed by atoms with van der Waals surface area (Å²) in [4.78, 5) is 29.7. The first-order chi connectivity index (χ1) is 13.6. The maximum Gasteiger partial charge on any atom is 0.270 e. The van der Waals surface area contributed by atoms with Crippen molar-refractivity contribution in [3.63, 3.8) is 0 Å². The zero-order valence-corrected chi connectivity index (χ0v) is 15.3. The first-order valence-electron chi connectivity index (χ1n) is 9.31. The van der Waals surface area contributed by atoms with Crippen LogP contribution in [0.5, 0.6) is 0 Å². The molecule has 28 heavy (non-hydrogen) atoms. The van der Waals surface area contributed by atoms with Crippen LogP contribution < -0.4 is 10.2 Å². The summed E-state index contributed by atoms with van der Waals surface area (Å²) in [6.07, 6.45) is 7.11. The molecule has 0 aliphatic carbocycles. The van der Waals surface area contributed by atoms with Crippen LogP contribution in [-0.2, 0) is 0 Å². The number of carbonyl (C=O) groups is 1. The Morgan fingerprint density at radius 1 is 1.07 bits per heavy atom. The summed E-state index contributed by atoms with van der Waals surface area (Å²) in [5.74, 6) is -0.389. The number of piperidine rings is 1. The van der Waals surface area contributed by atoms with Crippen molar-refractivity contribution >= 4 is 33.7 Å². The molecule has 0 atom stereocenters. The van der Waals surface area contributed by atoms with Gasteiger partial charge in [0, 0.05) is 59.6 Å². The molecule has 1 N–H and O–H groups in total. The molecule has 142 valence electrons. The molecule has 0 bridgehead atoms. The number of non-ortho nitro benzene ring substituents is 1. The van der Waals surface area contributed by atoms with Crippen LogP contribution in [0.25, 0.3) is 10.8 Å². The van der Waals surface area contributed by atoms with Gasteiger partial charge >= 0.3 is 0 Å². The van der Waals surface area contributed by atoms with Crippen LogP contribution in [0.3, 0.4) is 0 Å². The standard InChI is InChI=1S/C21H20N4O3/c26-21(15-5-4-6-16(13-15)25(27)28)23-19-7-8-20(24-11-2-1-3-12-24)17-9-10-22-14-18(17)19/h4-10,13-14H,1-3,11-12H2,(H,23,26). The van der Waals surface area contributed by atoms with E-state index in [1.54, 1.807) is 18.5 Å². The van der Waals surface area contributed by atoms with Gasteiger partial charge in [-0.25, -0.2) is 0 Å². The predicted octanol–water partition coefficient (Wildman–Crippen LogP) is 4.39. The molecule has 1 aliphatic heterocycles. The van der Waals surface area contributed by atoms with Crippen molar-refractivity contribution in [2.75, 3.05) is 23.3 Å². The van der Waals surface area contributed by atoms with Gasteiger partial charge in [0.2, 0.25) is 0 Å². The van der Waals surface area contributed by atoms with Crippen LogP contribution in [0.2, 0.25) is 0 Å². The lowest BCUT2D eigenvalue weighted by molar-refractivity contribution is -0.384. The molecule has 3 aromatic rings. The first kappa shape index (κ1) is 17.9. The second kappa shape index (κ2) is 7.64. The SMILES string of the molecule is O=C(Nc1ccc(N2CCCCC2)c2ccncc12)c1cccc([N+](=O)[O-])c1.